The quantitative estimate of drug-likeness (QED) is 0.892. The fourth-order valence-corrected chi connectivity index (χ4v) is 2.86. The third-order valence-electron chi connectivity index (χ3n) is 3.91. The Labute approximate surface area is 128 Å². The Morgan fingerprint density at radius 3 is 2.91 bits per heavy atom. The van der Waals surface area contributed by atoms with Gasteiger partial charge < -0.3 is 10.3 Å². The average Bonchev–Trinajstić information content (AvgIpc) is 2.86. The molecule has 0 radical (unpaired) electrons. The molecule has 1 aromatic carbocycles. The van der Waals surface area contributed by atoms with Crippen LogP contribution < -0.4 is 5.32 Å². The first-order valence-electron chi connectivity index (χ1n) is 7.16. The number of Topliss-reactive ketones (excluding diaryl/α,β-unsaturated/α-hetero) is 1. The number of hydrogen-bond acceptors (Lipinski definition) is 3. The molecule has 110 valence electrons. The van der Waals surface area contributed by atoms with Gasteiger partial charge in [0, 0.05) is 23.4 Å². The summed E-state index contributed by atoms with van der Waals surface area (Å²) in [5.74, 6) is -0.199. The van der Waals surface area contributed by atoms with Crippen LogP contribution in [0, 0.1) is 18.3 Å². The van der Waals surface area contributed by atoms with Crippen molar-refractivity contribution in [3.63, 3.8) is 0 Å². The van der Waals surface area contributed by atoms with Gasteiger partial charge in [-0.15, -0.1) is 0 Å². The van der Waals surface area contributed by atoms with E-state index in [1.165, 1.54) is 0 Å². The molecule has 5 nitrogen and oxygen atoms in total. The van der Waals surface area contributed by atoms with Gasteiger partial charge in [-0.05, 0) is 43.5 Å². The summed E-state index contributed by atoms with van der Waals surface area (Å²) in [7, 11) is 0. The number of carbonyl (C=O) groups is 2. The summed E-state index contributed by atoms with van der Waals surface area (Å²) in [4.78, 5) is 27.5. The van der Waals surface area contributed by atoms with E-state index in [2.05, 4.69) is 10.3 Å². The predicted octanol–water partition coefficient (Wildman–Crippen LogP) is 2.97. The highest BCUT2D eigenvalue weighted by atomic mass is 16.2. The summed E-state index contributed by atoms with van der Waals surface area (Å²) in [5.41, 5.74) is 3.68. The van der Waals surface area contributed by atoms with Crippen molar-refractivity contribution in [2.45, 2.75) is 26.2 Å². The molecule has 0 saturated carbocycles. The molecule has 22 heavy (non-hydrogen) atoms. The summed E-state index contributed by atoms with van der Waals surface area (Å²) in [6.07, 6.45) is 2.15. The zero-order valence-electron chi connectivity index (χ0n) is 12.2. The number of aromatic amines is 1. The van der Waals surface area contributed by atoms with Crippen molar-refractivity contribution in [2.75, 3.05) is 5.32 Å². The molecule has 1 amide bonds. The molecule has 0 fully saturated rings. The molecule has 0 saturated heterocycles. The lowest BCUT2D eigenvalue weighted by Gasteiger charge is -2.09. The standard InChI is InChI=1S/C17H15N3O2/c1-10-15-13(6-3-7-14(15)21)20-16(10)17(22)19-12-5-2-4-11(8-12)9-18/h2,4-5,8,20H,3,6-7H2,1H3,(H,19,22). The molecule has 1 aliphatic rings. The number of ketones is 1. The molecular formula is C17H15N3O2. The monoisotopic (exact) mass is 293 g/mol. The van der Waals surface area contributed by atoms with Crippen LogP contribution in [0.25, 0.3) is 0 Å². The van der Waals surface area contributed by atoms with E-state index in [0.29, 0.717) is 34.5 Å². The number of nitrogens with zero attached hydrogens (tertiary/aromatic N) is 1. The maximum Gasteiger partial charge on any atom is 0.272 e. The smallest absolute Gasteiger partial charge is 0.272 e. The molecule has 3 rings (SSSR count). The SMILES string of the molecule is Cc1c(C(=O)Nc2cccc(C#N)c2)[nH]c2c1C(=O)CCC2. The second-order valence-electron chi connectivity index (χ2n) is 5.40. The van der Waals surface area contributed by atoms with E-state index in [0.717, 1.165) is 18.5 Å². The summed E-state index contributed by atoms with van der Waals surface area (Å²) in [6, 6.07) is 8.76. The normalized spacial score (nSPS) is 13.4. The summed E-state index contributed by atoms with van der Waals surface area (Å²) >= 11 is 0. The van der Waals surface area contributed by atoms with Crippen LogP contribution in [0.1, 0.15) is 50.5 Å². The molecule has 0 aliphatic heterocycles. The fourth-order valence-electron chi connectivity index (χ4n) is 2.86. The molecule has 0 spiro atoms. The van der Waals surface area contributed by atoms with Crippen molar-refractivity contribution in [3.05, 3.63) is 52.3 Å². The minimum Gasteiger partial charge on any atom is -0.354 e. The van der Waals surface area contributed by atoms with Crippen molar-refractivity contribution < 1.29 is 9.59 Å². The van der Waals surface area contributed by atoms with Crippen LogP contribution in [-0.4, -0.2) is 16.7 Å². The van der Waals surface area contributed by atoms with Gasteiger partial charge >= 0.3 is 0 Å². The van der Waals surface area contributed by atoms with E-state index in [-0.39, 0.29) is 11.7 Å². The van der Waals surface area contributed by atoms with Crippen LogP contribution in [-0.2, 0) is 6.42 Å². The van der Waals surface area contributed by atoms with Gasteiger partial charge in [-0.3, -0.25) is 9.59 Å². The van der Waals surface area contributed by atoms with Crippen molar-refractivity contribution in [1.29, 1.82) is 5.26 Å². The van der Waals surface area contributed by atoms with Crippen molar-refractivity contribution >= 4 is 17.4 Å². The Morgan fingerprint density at radius 1 is 1.36 bits per heavy atom. The number of aromatic nitrogens is 1. The number of amides is 1. The molecule has 5 heteroatoms. The number of nitriles is 1. The first-order chi connectivity index (χ1) is 10.6. The van der Waals surface area contributed by atoms with Crippen LogP contribution in [0.2, 0.25) is 0 Å². The first-order valence-corrected chi connectivity index (χ1v) is 7.16. The number of H-pyrrole nitrogens is 1. The molecule has 2 aromatic rings. The van der Waals surface area contributed by atoms with Gasteiger partial charge in [0.05, 0.1) is 11.6 Å². The van der Waals surface area contributed by atoms with Crippen LogP contribution in [0.5, 0.6) is 0 Å². The second kappa shape index (κ2) is 5.49. The number of carbonyl (C=O) groups excluding carboxylic acids is 2. The van der Waals surface area contributed by atoms with Crippen LogP contribution >= 0.6 is 0 Å². The van der Waals surface area contributed by atoms with Crippen molar-refractivity contribution in [3.8, 4) is 6.07 Å². The van der Waals surface area contributed by atoms with Gasteiger partial charge in [-0.2, -0.15) is 5.26 Å². The number of hydrogen-bond donors (Lipinski definition) is 2. The minimum absolute atomic E-state index is 0.0977. The molecule has 0 bridgehead atoms. The Kier molecular flexibility index (Phi) is 3.51. The zero-order valence-corrected chi connectivity index (χ0v) is 12.2. The lowest BCUT2D eigenvalue weighted by Crippen LogP contribution is -2.14. The largest absolute Gasteiger partial charge is 0.354 e. The van der Waals surface area contributed by atoms with E-state index < -0.39 is 0 Å². The predicted molar refractivity (Wildman–Crippen MR) is 81.9 cm³/mol. The third-order valence-corrected chi connectivity index (χ3v) is 3.91. The summed E-state index contributed by atoms with van der Waals surface area (Å²) < 4.78 is 0. The number of benzene rings is 1. The van der Waals surface area contributed by atoms with Gasteiger partial charge in [0.2, 0.25) is 0 Å². The van der Waals surface area contributed by atoms with Crippen LogP contribution in [0.15, 0.2) is 24.3 Å². The van der Waals surface area contributed by atoms with Crippen molar-refractivity contribution in [1.82, 2.24) is 4.98 Å². The van der Waals surface area contributed by atoms with E-state index >= 15 is 0 Å². The lowest BCUT2D eigenvalue weighted by molar-refractivity contribution is 0.0971. The highest BCUT2D eigenvalue weighted by Gasteiger charge is 2.26. The van der Waals surface area contributed by atoms with Crippen LogP contribution in [0.4, 0.5) is 5.69 Å². The fraction of sp³-hybridized carbons (Fsp3) is 0.235. The van der Waals surface area contributed by atoms with Gasteiger partial charge in [-0.1, -0.05) is 6.07 Å². The molecule has 0 atom stereocenters. The molecule has 2 N–H and O–H groups in total. The minimum atomic E-state index is -0.296. The molecule has 1 aromatic heterocycles. The van der Waals surface area contributed by atoms with Gasteiger partial charge in [0.25, 0.3) is 5.91 Å². The molecule has 1 aliphatic carbocycles. The molecule has 0 unspecified atom stereocenters. The Balaban J connectivity index is 1.90. The zero-order chi connectivity index (χ0) is 15.7. The topological polar surface area (TPSA) is 85.8 Å². The summed E-state index contributed by atoms with van der Waals surface area (Å²) in [5, 5.41) is 11.7. The first kappa shape index (κ1) is 14.1. The van der Waals surface area contributed by atoms with Crippen LogP contribution in [0.3, 0.4) is 0 Å². The third kappa shape index (κ3) is 2.40. The number of rotatable bonds is 2. The van der Waals surface area contributed by atoms with E-state index in [1.54, 1.807) is 31.2 Å². The Hall–Kier alpha value is -2.87. The number of fused-ring (bicyclic) bond motifs is 1. The molecule has 1 heterocycles. The van der Waals surface area contributed by atoms with Gasteiger partial charge in [0.1, 0.15) is 5.69 Å². The summed E-state index contributed by atoms with van der Waals surface area (Å²) in [6.45, 7) is 1.79. The van der Waals surface area contributed by atoms with E-state index in [1.807, 2.05) is 6.07 Å². The van der Waals surface area contributed by atoms with E-state index in [9.17, 15) is 9.59 Å². The lowest BCUT2D eigenvalue weighted by atomic mass is 9.94. The second-order valence-corrected chi connectivity index (χ2v) is 5.40. The van der Waals surface area contributed by atoms with Crippen molar-refractivity contribution in [2.24, 2.45) is 0 Å². The van der Waals surface area contributed by atoms with Gasteiger partial charge in [-0.25, -0.2) is 0 Å². The Morgan fingerprint density at radius 2 is 2.18 bits per heavy atom. The maximum atomic E-state index is 12.4. The maximum absolute atomic E-state index is 12.4. The van der Waals surface area contributed by atoms with Gasteiger partial charge in [0.15, 0.2) is 5.78 Å². The van der Waals surface area contributed by atoms with E-state index in [4.69, 9.17) is 5.26 Å². The highest BCUT2D eigenvalue weighted by molar-refractivity contribution is 6.08. The highest BCUT2D eigenvalue weighted by Crippen LogP contribution is 2.27. The Bertz CT molecular complexity index is 812. The molecular weight excluding hydrogens is 278 g/mol. The number of anilines is 1. The average molecular weight is 293 g/mol. The number of nitrogens with one attached hydrogen (secondary N) is 2. The number of aryl methyl sites for hydroxylation is 1.